The van der Waals surface area contributed by atoms with E-state index in [-0.39, 0.29) is 16.5 Å². The van der Waals surface area contributed by atoms with Crippen LogP contribution >= 0.6 is 0 Å². The second kappa shape index (κ2) is 8.30. The minimum atomic E-state index is -1.34. The van der Waals surface area contributed by atoms with E-state index in [0.29, 0.717) is 66.6 Å². The van der Waals surface area contributed by atoms with Crippen molar-refractivity contribution >= 4 is 34.4 Å². The molecule has 1 fully saturated rings. The minimum Gasteiger partial charge on any atom is -0.478 e. The van der Waals surface area contributed by atoms with Gasteiger partial charge in [0, 0.05) is 23.8 Å². The van der Waals surface area contributed by atoms with E-state index in [1.54, 1.807) is 17.6 Å². The van der Waals surface area contributed by atoms with Crippen molar-refractivity contribution in [3.8, 4) is 0 Å². The lowest BCUT2D eigenvalue weighted by molar-refractivity contribution is -0.935. The predicted molar refractivity (Wildman–Crippen MR) is 131 cm³/mol. The Morgan fingerprint density at radius 2 is 1.83 bits per heavy atom. The van der Waals surface area contributed by atoms with Crippen LogP contribution in [0.15, 0.2) is 51.1 Å². The summed E-state index contributed by atoms with van der Waals surface area (Å²) in [6.45, 7) is 8.52. The van der Waals surface area contributed by atoms with Crippen molar-refractivity contribution in [3.63, 3.8) is 0 Å². The number of quaternary nitrogens is 1. The largest absolute Gasteiger partial charge is 0.478 e. The molecular weight excluding hydrogens is 469 g/mol. The number of rotatable bonds is 4. The maximum Gasteiger partial charge on any atom is 0.341 e. The molecule has 188 valence electrons. The number of aromatic nitrogens is 1. The third kappa shape index (κ3) is 3.58. The number of hydrogen-bond acceptors (Lipinski definition) is 6. The molecule has 1 spiro atoms. The van der Waals surface area contributed by atoms with E-state index in [4.69, 9.17) is 5.10 Å². The predicted octanol–water partition coefficient (Wildman–Crippen LogP) is 2.40. The quantitative estimate of drug-likeness (QED) is 0.625. The number of carboxylic acids is 2. The molecule has 10 nitrogen and oxygen atoms in total. The molecule has 0 amide bonds. The summed E-state index contributed by atoms with van der Waals surface area (Å²) in [7, 11) is 0. The number of carboxylic acid groups (broad SMARTS) is 2. The summed E-state index contributed by atoms with van der Waals surface area (Å²) in [5.41, 5.74) is 1.53. The Morgan fingerprint density at radius 3 is 2.44 bits per heavy atom. The van der Waals surface area contributed by atoms with Crippen molar-refractivity contribution in [1.29, 1.82) is 0 Å². The molecule has 3 aliphatic heterocycles. The van der Waals surface area contributed by atoms with E-state index in [9.17, 15) is 24.6 Å². The number of fused-ring (bicyclic) bond motifs is 2. The lowest BCUT2D eigenvalue weighted by Gasteiger charge is -2.39. The molecule has 2 N–H and O–H groups in total. The Balaban J connectivity index is 1.46. The molecule has 1 aromatic carbocycles. The molecule has 0 saturated carbocycles. The van der Waals surface area contributed by atoms with Crippen LogP contribution in [0.3, 0.4) is 0 Å². The highest BCUT2D eigenvalue weighted by molar-refractivity contribution is 6.20. The summed E-state index contributed by atoms with van der Waals surface area (Å²) in [4.78, 5) is 39.8. The molecule has 3 aliphatic rings. The number of allylic oxidation sites excluding steroid dienone is 3. The first-order chi connectivity index (χ1) is 17.0. The molecule has 0 radical (unpaired) electrons. The van der Waals surface area contributed by atoms with Crippen LogP contribution in [-0.4, -0.2) is 74.9 Å². The number of pyridine rings is 1. The molecule has 1 saturated heterocycles. The van der Waals surface area contributed by atoms with E-state index >= 15 is 4.39 Å². The molecule has 2 aromatic rings. The molecule has 0 atom stereocenters. The Kier molecular flexibility index (Phi) is 5.47. The molecule has 1 aromatic heterocycles. The maximum atomic E-state index is 15.2. The minimum absolute atomic E-state index is 0.0342. The zero-order valence-electron chi connectivity index (χ0n) is 20.3. The van der Waals surface area contributed by atoms with Crippen LogP contribution in [0.2, 0.25) is 0 Å². The van der Waals surface area contributed by atoms with Gasteiger partial charge in [-0.25, -0.2) is 14.0 Å². The second-order valence-electron chi connectivity index (χ2n) is 9.46. The van der Waals surface area contributed by atoms with Crippen molar-refractivity contribution in [1.82, 2.24) is 9.47 Å². The fourth-order valence-corrected chi connectivity index (χ4v) is 5.36. The van der Waals surface area contributed by atoms with Crippen molar-refractivity contribution < 1.29 is 28.8 Å². The van der Waals surface area contributed by atoms with Gasteiger partial charge in [0.2, 0.25) is 11.3 Å². The van der Waals surface area contributed by atoms with Crippen molar-refractivity contribution in [3.05, 3.63) is 62.9 Å². The van der Waals surface area contributed by atoms with E-state index in [2.05, 4.69) is 0 Å². The van der Waals surface area contributed by atoms with Gasteiger partial charge in [0.1, 0.15) is 30.0 Å². The number of aromatic carboxylic acids is 1. The van der Waals surface area contributed by atoms with Crippen LogP contribution in [0, 0.1) is 5.82 Å². The highest BCUT2D eigenvalue weighted by Crippen LogP contribution is 2.34. The zero-order valence-corrected chi connectivity index (χ0v) is 20.3. The summed E-state index contributed by atoms with van der Waals surface area (Å²) in [5, 5.41) is 24.0. The summed E-state index contributed by atoms with van der Waals surface area (Å²) in [6.07, 6.45) is 3.15. The fourth-order valence-electron chi connectivity index (χ4n) is 5.36. The van der Waals surface area contributed by atoms with Crippen LogP contribution in [0.1, 0.15) is 31.1 Å². The lowest BCUT2D eigenvalue weighted by Crippen LogP contribution is -2.57. The van der Waals surface area contributed by atoms with Crippen molar-refractivity contribution in [2.24, 2.45) is 5.10 Å². The Bertz CT molecular complexity index is 1480. The highest BCUT2D eigenvalue weighted by Gasteiger charge is 2.46. The zero-order chi connectivity index (χ0) is 25.9. The molecular formula is C25H27FN5O5+. The SMILES string of the molecule is CCn1cc(C(=O)O)c(=O)c2cc(F)c(N3CC[N+]4(CC3)CN3C(C)=CC(C)=C(C(=O)O)C3=N4)cc21. The Morgan fingerprint density at radius 1 is 1.14 bits per heavy atom. The number of anilines is 1. The molecule has 5 rings (SSSR count). The number of amidine groups is 1. The fraction of sp³-hybridized carbons (Fsp3) is 0.360. The van der Waals surface area contributed by atoms with Crippen molar-refractivity contribution in [2.45, 2.75) is 27.3 Å². The van der Waals surface area contributed by atoms with Gasteiger partial charge in [-0.1, -0.05) is 5.10 Å². The van der Waals surface area contributed by atoms with Gasteiger partial charge < -0.3 is 19.7 Å². The summed E-state index contributed by atoms with van der Waals surface area (Å²) < 4.78 is 17.2. The highest BCUT2D eigenvalue weighted by atomic mass is 19.1. The molecule has 0 bridgehead atoms. The summed E-state index contributed by atoms with van der Waals surface area (Å²) >= 11 is 0. The van der Waals surface area contributed by atoms with E-state index in [1.807, 2.05) is 29.7 Å². The molecule has 36 heavy (non-hydrogen) atoms. The van der Waals surface area contributed by atoms with Crippen molar-refractivity contribution in [2.75, 3.05) is 37.7 Å². The number of aryl methyl sites for hydroxylation is 1. The average Bonchev–Trinajstić information content (AvgIpc) is 3.18. The van der Waals surface area contributed by atoms with E-state index in [0.717, 1.165) is 11.8 Å². The second-order valence-corrected chi connectivity index (χ2v) is 9.46. The number of benzene rings is 1. The van der Waals surface area contributed by atoms with Gasteiger partial charge >= 0.3 is 11.9 Å². The molecule has 0 unspecified atom stereocenters. The number of hydrogen-bond donors (Lipinski definition) is 2. The van der Waals surface area contributed by atoms with Gasteiger partial charge in [-0.05, 0) is 44.6 Å². The number of nitrogens with zero attached hydrogens (tertiary/aromatic N) is 5. The van der Waals surface area contributed by atoms with Gasteiger partial charge in [-0.2, -0.15) is 4.59 Å². The Labute approximate surface area is 206 Å². The standard InChI is InChI=1S/C25H26FN5O5/c1-4-28-12-17(24(33)34)22(32)16-10-18(26)20(11-19(16)28)29-5-7-31(8-6-29)13-30-15(3)9-14(2)21(25(35)36)23(30)27-31/h9-12H,4-8,13H2,1-3H3,(H-,33,34,35,36)/p+1. The summed E-state index contributed by atoms with van der Waals surface area (Å²) in [6, 6.07) is 2.74. The van der Waals surface area contributed by atoms with Gasteiger partial charge in [0.25, 0.3) is 0 Å². The van der Waals surface area contributed by atoms with E-state index in [1.165, 1.54) is 6.20 Å². The number of halogens is 1. The van der Waals surface area contributed by atoms with Gasteiger partial charge in [0.15, 0.2) is 6.67 Å². The first kappa shape index (κ1) is 23.7. The third-order valence-corrected chi connectivity index (χ3v) is 7.28. The van der Waals surface area contributed by atoms with Crippen LogP contribution in [-0.2, 0) is 11.3 Å². The van der Waals surface area contributed by atoms with Gasteiger partial charge in [0.05, 0.1) is 24.3 Å². The number of piperazine rings is 1. The monoisotopic (exact) mass is 496 g/mol. The third-order valence-electron chi connectivity index (χ3n) is 7.28. The summed E-state index contributed by atoms with van der Waals surface area (Å²) in [5.74, 6) is -2.48. The van der Waals surface area contributed by atoms with Gasteiger partial charge in [-0.3, -0.25) is 9.69 Å². The number of aliphatic carboxylic acids is 1. The lowest BCUT2D eigenvalue weighted by atomic mass is 10.0. The van der Waals surface area contributed by atoms with Crippen LogP contribution in [0.5, 0.6) is 0 Å². The molecule has 11 heteroatoms. The van der Waals surface area contributed by atoms with E-state index < -0.39 is 23.2 Å². The first-order valence-corrected chi connectivity index (χ1v) is 11.8. The smallest absolute Gasteiger partial charge is 0.341 e. The normalized spacial score (nSPS) is 19.0. The van der Waals surface area contributed by atoms with Crippen LogP contribution < -0.4 is 10.3 Å². The Hall–Kier alpha value is -3.99. The molecule has 4 heterocycles. The topological polar surface area (TPSA) is 115 Å². The molecule has 0 aliphatic carbocycles. The first-order valence-electron chi connectivity index (χ1n) is 11.8. The average molecular weight is 497 g/mol. The maximum absolute atomic E-state index is 15.2. The number of carbonyl (C=O) groups is 2. The van der Waals surface area contributed by atoms with Crippen LogP contribution in [0.4, 0.5) is 10.1 Å². The van der Waals surface area contributed by atoms with Gasteiger partial charge in [-0.15, -0.1) is 0 Å². The van der Waals surface area contributed by atoms with Crippen LogP contribution in [0.25, 0.3) is 10.9 Å².